The molecule has 4 nitrogen and oxygen atoms in total. The van der Waals surface area contributed by atoms with Crippen LogP contribution in [-0.2, 0) is 9.53 Å². The van der Waals surface area contributed by atoms with Crippen LogP contribution in [0.15, 0.2) is 0 Å². The lowest BCUT2D eigenvalue weighted by atomic mass is 10.1. The Morgan fingerprint density at radius 1 is 1.64 bits per heavy atom. The van der Waals surface area contributed by atoms with E-state index in [1.54, 1.807) is 0 Å². The Labute approximate surface area is 84.2 Å². The van der Waals surface area contributed by atoms with E-state index < -0.39 is 6.09 Å². The summed E-state index contributed by atoms with van der Waals surface area (Å²) >= 11 is 0. The summed E-state index contributed by atoms with van der Waals surface area (Å²) in [6.45, 7) is 4.77. The van der Waals surface area contributed by atoms with Crippen molar-refractivity contribution in [3.05, 3.63) is 0 Å². The molecule has 0 radical (unpaired) electrons. The lowest BCUT2D eigenvalue weighted by Gasteiger charge is -2.13. The van der Waals surface area contributed by atoms with Gasteiger partial charge in [0.2, 0.25) is 5.91 Å². The summed E-state index contributed by atoms with van der Waals surface area (Å²) in [5.74, 6) is -0.139. The molecule has 1 fully saturated rings. The largest absolute Gasteiger partial charge is 0.449 e. The molecule has 0 unspecified atom stereocenters. The van der Waals surface area contributed by atoms with Gasteiger partial charge in [0.05, 0.1) is 6.61 Å². The number of imide groups is 1. The zero-order valence-electron chi connectivity index (χ0n) is 8.78. The van der Waals surface area contributed by atoms with Crippen LogP contribution in [0.25, 0.3) is 0 Å². The summed E-state index contributed by atoms with van der Waals surface area (Å²) < 4.78 is 4.95. The number of ether oxygens (including phenoxy) is 1. The number of rotatable bonds is 3. The van der Waals surface area contributed by atoms with Crippen molar-refractivity contribution >= 4 is 12.0 Å². The second-order valence-corrected chi connectivity index (χ2v) is 3.65. The fourth-order valence-corrected chi connectivity index (χ4v) is 1.39. The minimum atomic E-state index is -0.479. The van der Waals surface area contributed by atoms with Gasteiger partial charge in [-0.15, -0.1) is 0 Å². The molecule has 0 bridgehead atoms. The fraction of sp³-hybridized carbons (Fsp3) is 0.800. The van der Waals surface area contributed by atoms with E-state index >= 15 is 0 Å². The van der Waals surface area contributed by atoms with Crippen LogP contribution < -0.4 is 0 Å². The van der Waals surface area contributed by atoms with E-state index in [1.165, 1.54) is 4.90 Å². The molecule has 0 saturated carbocycles. The van der Waals surface area contributed by atoms with E-state index in [0.29, 0.717) is 13.2 Å². The predicted octanol–water partition coefficient (Wildman–Crippen LogP) is 1.79. The van der Waals surface area contributed by atoms with Gasteiger partial charge in [0.1, 0.15) is 0 Å². The molecule has 1 heterocycles. The molecular formula is C10H17NO3. The molecule has 1 aliphatic heterocycles. The predicted molar refractivity (Wildman–Crippen MR) is 51.8 cm³/mol. The first-order valence-corrected chi connectivity index (χ1v) is 5.15. The number of nitrogens with zero attached hydrogens (tertiary/aromatic N) is 1. The van der Waals surface area contributed by atoms with Crippen molar-refractivity contribution in [1.29, 1.82) is 0 Å². The van der Waals surface area contributed by atoms with Gasteiger partial charge in [-0.2, -0.15) is 0 Å². The molecule has 2 amide bonds. The van der Waals surface area contributed by atoms with Crippen molar-refractivity contribution < 1.29 is 14.3 Å². The van der Waals surface area contributed by atoms with Crippen molar-refractivity contribution in [1.82, 2.24) is 4.90 Å². The molecule has 1 rings (SSSR count). The van der Waals surface area contributed by atoms with Crippen LogP contribution in [0.5, 0.6) is 0 Å². The van der Waals surface area contributed by atoms with Gasteiger partial charge in [-0.1, -0.05) is 20.3 Å². The molecule has 4 heteroatoms. The van der Waals surface area contributed by atoms with Gasteiger partial charge < -0.3 is 4.74 Å². The highest BCUT2D eigenvalue weighted by Gasteiger charge is 2.33. The molecular weight excluding hydrogens is 182 g/mol. The number of carbonyl (C=O) groups is 2. The van der Waals surface area contributed by atoms with Crippen LogP contribution >= 0.6 is 0 Å². The lowest BCUT2D eigenvalue weighted by Crippen LogP contribution is -2.34. The highest BCUT2D eigenvalue weighted by Crippen LogP contribution is 2.17. The smallest absolute Gasteiger partial charge is 0.416 e. The summed E-state index contributed by atoms with van der Waals surface area (Å²) in [6, 6.07) is 0. The number of hydrogen-bond donors (Lipinski definition) is 0. The standard InChI is InChI=1S/C10H17NO3/c1-3-4-7-14-10(13)11-6-5-8(2)9(11)12/h8H,3-7H2,1-2H3/t8-/m1/s1. The number of amides is 2. The average molecular weight is 199 g/mol. The van der Waals surface area contributed by atoms with E-state index in [-0.39, 0.29) is 11.8 Å². The molecule has 0 spiro atoms. The molecule has 80 valence electrons. The summed E-state index contributed by atoms with van der Waals surface area (Å²) in [5.41, 5.74) is 0. The molecule has 14 heavy (non-hydrogen) atoms. The van der Waals surface area contributed by atoms with Crippen LogP contribution in [-0.4, -0.2) is 30.1 Å². The fourth-order valence-electron chi connectivity index (χ4n) is 1.39. The topological polar surface area (TPSA) is 46.6 Å². The van der Waals surface area contributed by atoms with Crippen LogP contribution in [0.3, 0.4) is 0 Å². The Morgan fingerprint density at radius 3 is 2.86 bits per heavy atom. The molecule has 0 aromatic rings. The molecule has 1 atom stereocenters. The minimum absolute atomic E-state index is 0.0336. The van der Waals surface area contributed by atoms with E-state index in [0.717, 1.165) is 19.3 Å². The molecule has 1 saturated heterocycles. The first-order chi connectivity index (χ1) is 6.66. The first-order valence-electron chi connectivity index (χ1n) is 5.15. The van der Waals surface area contributed by atoms with Gasteiger partial charge in [-0.3, -0.25) is 4.79 Å². The highest BCUT2D eigenvalue weighted by molar-refractivity contribution is 5.94. The quantitative estimate of drug-likeness (QED) is 0.651. The summed E-state index contributed by atoms with van der Waals surface area (Å²) in [6.07, 6.45) is 2.11. The van der Waals surface area contributed by atoms with Crippen LogP contribution in [0.4, 0.5) is 4.79 Å². The molecule has 0 aliphatic carbocycles. The van der Waals surface area contributed by atoms with Crippen molar-refractivity contribution in [3.63, 3.8) is 0 Å². The normalized spacial score (nSPS) is 21.4. The Kier molecular flexibility index (Phi) is 3.92. The van der Waals surface area contributed by atoms with E-state index in [1.807, 2.05) is 13.8 Å². The van der Waals surface area contributed by atoms with Gasteiger partial charge in [-0.05, 0) is 12.8 Å². The van der Waals surface area contributed by atoms with Gasteiger partial charge in [-0.25, -0.2) is 9.69 Å². The zero-order valence-corrected chi connectivity index (χ0v) is 8.78. The third-order valence-electron chi connectivity index (χ3n) is 2.42. The third kappa shape index (κ3) is 2.47. The van der Waals surface area contributed by atoms with Crippen LogP contribution in [0.1, 0.15) is 33.1 Å². The first kappa shape index (κ1) is 11.0. The molecule has 0 N–H and O–H groups in total. The second-order valence-electron chi connectivity index (χ2n) is 3.65. The Morgan fingerprint density at radius 2 is 2.36 bits per heavy atom. The highest BCUT2D eigenvalue weighted by atomic mass is 16.6. The average Bonchev–Trinajstić information content (AvgIpc) is 2.48. The summed E-state index contributed by atoms with van der Waals surface area (Å²) in [7, 11) is 0. The summed E-state index contributed by atoms with van der Waals surface area (Å²) in [4.78, 5) is 24.0. The number of unbranched alkanes of at least 4 members (excludes halogenated alkanes) is 1. The minimum Gasteiger partial charge on any atom is -0.449 e. The van der Waals surface area contributed by atoms with Crippen LogP contribution in [0, 0.1) is 5.92 Å². The van der Waals surface area contributed by atoms with Gasteiger partial charge in [0, 0.05) is 12.5 Å². The van der Waals surface area contributed by atoms with Crippen molar-refractivity contribution in [2.24, 2.45) is 5.92 Å². The van der Waals surface area contributed by atoms with Gasteiger partial charge >= 0.3 is 6.09 Å². The maximum absolute atomic E-state index is 11.4. The van der Waals surface area contributed by atoms with Gasteiger partial charge in [0.25, 0.3) is 0 Å². The summed E-state index contributed by atoms with van der Waals surface area (Å²) in [5, 5.41) is 0. The maximum atomic E-state index is 11.4. The van der Waals surface area contributed by atoms with Gasteiger partial charge in [0.15, 0.2) is 0 Å². The van der Waals surface area contributed by atoms with E-state index in [9.17, 15) is 9.59 Å². The SMILES string of the molecule is CCCCOC(=O)N1CC[C@@H](C)C1=O. The maximum Gasteiger partial charge on any atom is 0.416 e. The lowest BCUT2D eigenvalue weighted by molar-refractivity contribution is -0.129. The Bertz CT molecular complexity index is 227. The Balaban J connectivity index is 2.34. The number of hydrogen-bond acceptors (Lipinski definition) is 3. The number of carbonyl (C=O) groups excluding carboxylic acids is 2. The third-order valence-corrected chi connectivity index (χ3v) is 2.42. The van der Waals surface area contributed by atoms with E-state index in [4.69, 9.17) is 4.74 Å². The van der Waals surface area contributed by atoms with Crippen LogP contribution in [0.2, 0.25) is 0 Å². The Hall–Kier alpha value is -1.06. The number of likely N-dealkylation sites (tertiary alicyclic amines) is 1. The van der Waals surface area contributed by atoms with Crippen molar-refractivity contribution in [2.75, 3.05) is 13.2 Å². The second kappa shape index (κ2) is 4.98. The van der Waals surface area contributed by atoms with E-state index in [2.05, 4.69) is 0 Å². The zero-order chi connectivity index (χ0) is 10.6. The molecule has 0 aromatic heterocycles. The molecule has 0 aromatic carbocycles. The monoisotopic (exact) mass is 199 g/mol. The van der Waals surface area contributed by atoms with Crippen molar-refractivity contribution in [2.45, 2.75) is 33.1 Å². The van der Waals surface area contributed by atoms with Crippen molar-refractivity contribution in [3.8, 4) is 0 Å². The molecule has 1 aliphatic rings.